The second-order valence-electron chi connectivity index (χ2n) is 33.7. The van der Waals surface area contributed by atoms with Crippen LogP contribution in [0, 0.1) is 34.6 Å². The Morgan fingerprint density at radius 3 is 0.780 bits per heavy atom. The van der Waals surface area contributed by atoms with Crippen molar-refractivity contribution in [1.29, 1.82) is 0 Å². The van der Waals surface area contributed by atoms with Gasteiger partial charge in [-0.05, 0) is 295 Å². The van der Waals surface area contributed by atoms with Gasteiger partial charge in [0, 0.05) is 79.3 Å². The summed E-state index contributed by atoms with van der Waals surface area (Å²) in [7, 11) is 0. The van der Waals surface area contributed by atoms with Crippen molar-refractivity contribution in [3.8, 4) is 11.1 Å². The van der Waals surface area contributed by atoms with E-state index in [2.05, 4.69) is 557 Å². The highest BCUT2D eigenvalue weighted by molar-refractivity contribution is 6.02. The number of fused-ring (bicyclic) bond motifs is 8. The number of rotatable bonds is 15. The summed E-state index contributed by atoms with van der Waals surface area (Å²) in [5.74, 6) is 0. The predicted molar refractivity (Wildman–Crippen MR) is 570 cm³/mol. The molecule has 0 aliphatic heterocycles. The number of hydrogen-bond donors (Lipinski definition) is 1. The van der Waals surface area contributed by atoms with Crippen LogP contribution in [0.4, 0.5) is 79.6 Å². The van der Waals surface area contributed by atoms with E-state index < -0.39 is 0 Å². The van der Waals surface area contributed by atoms with Gasteiger partial charge in [0.2, 0.25) is 0 Å². The highest BCUT2D eigenvalue weighted by atomic mass is 15.2. The number of para-hydroxylation sites is 3. The highest BCUT2D eigenvalue weighted by Crippen LogP contribution is 2.45. The fourth-order valence-electron chi connectivity index (χ4n) is 17.6. The van der Waals surface area contributed by atoms with E-state index in [0.717, 1.165) is 28.4 Å². The normalized spacial score (nSPS) is 10.9. The first-order valence-corrected chi connectivity index (χ1v) is 45.3. The molecule has 0 aromatic heterocycles. The van der Waals surface area contributed by atoms with Gasteiger partial charge in [0.15, 0.2) is 0 Å². The van der Waals surface area contributed by atoms with Crippen molar-refractivity contribution in [2.24, 2.45) is 0 Å². The number of aryl methyl sites for hydroxylation is 5. The minimum Gasteiger partial charge on any atom is -0.356 e. The first-order valence-electron chi connectivity index (χ1n) is 45.3. The third kappa shape index (κ3) is 19.5. The fraction of sp³-hybridized carbons (Fsp3) is 0.0394. The molecule has 0 amide bonds. The Bertz CT molecular complexity index is 7710. The third-order valence-corrected chi connectivity index (χ3v) is 24.5. The lowest BCUT2D eigenvalue weighted by molar-refractivity contribution is 1.26. The molecule has 132 heavy (non-hydrogen) atoms. The molecule has 0 bridgehead atoms. The zero-order chi connectivity index (χ0) is 89.5. The van der Waals surface area contributed by atoms with Crippen molar-refractivity contribution in [3.63, 3.8) is 0 Å². The Kier molecular flexibility index (Phi) is 25.4. The number of nitrogens with one attached hydrogen (secondary N) is 1. The molecule has 5 heteroatoms. The van der Waals surface area contributed by atoms with Crippen LogP contribution in [0.15, 0.2) is 516 Å². The van der Waals surface area contributed by atoms with Crippen molar-refractivity contribution < 1.29 is 0 Å². The van der Waals surface area contributed by atoms with E-state index in [9.17, 15) is 0 Å². The van der Waals surface area contributed by atoms with Gasteiger partial charge in [-0.25, -0.2) is 0 Å². The van der Waals surface area contributed by atoms with E-state index in [0.29, 0.717) is 0 Å². The molecule has 634 valence electrons. The summed E-state index contributed by atoms with van der Waals surface area (Å²) < 4.78 is 0. The topological polar surface area (TPSA) is 25.0 Å². The second kappa shape index (κ2) is 39.6. The summed E-state index contributed by atoms with van der Waals surface area (Å²) in [5.41, 5.74) is 25.1. The van der Waals surface area contributed by atoms with Crippen molar-refractivity contribution >= 4 is 166 Å². The molecule has 0 spiro atoms. The maximum atomic E-state index is 3.39. The van der Waals surface area contributed by atoms with Gasteiger partial charge in [0.25, 0.3) is 0 Å². The molecule has 0 unspecified atom stereocenters. The molecule has 23 rings (SSSR count). The molecular formula is C127H101N5. The first-order chi connectivity index (χ1) is 65.0. The van der Waals surface area contributed by atoms with Crippen LogP contribution in [0.3, 0.4) is 0 Å². The molecule has 23 aromatic rings. The molecule has 23 aromatic carbocycles. The van der Waals surface area contributed by atoms with Crippen LogP contribution >= 0.6 is 0 Å². The Morgan fingerprint density at radius 2 is 0.402 bits per heavy atom. The molecule has 0 saturated heterocycles. The van der Waals surface area contributed by atoms with Gasteiger partial charge < -0.3 is 24.9 Å². The second-order valence-corrected chi connectivity index (χ2v) is 33.7. The third-order valence-electron chi connectivity index (χ3n) is 24.5. The molecule has 0 atom stereocenters. The highest BCUT2D eigenvalue weighted by Gasteiger charge is 2.21. The zero-order valence-electron chi connectivity index (χ0n) is 74.9. The Morgan fingerprint density at radius 1 is 0.144 bits per heavy atom. The summed E-state index contributed by atoms with van der Waals surface area (Å²) in [6.07, 6.45) is 0. The monoisotopic (exact) mass is 1700 g/mol. The summed E-state index contributed by atoms with van der Waals surface area (Å²) >= 11 is 0. The lowest BCUT2D eigenvalue weighted by Crippen LogP contribution is -2.11. The quantitative estimate of drug-likeness (QED) is 0.110. The SMILES string of the molecule is Cc1ccc(-c2ccc(Nc3ccccc3)cc2)cc1.Cc1ccc(N(c2ccc3ccccc3c2)c2ccc3ccccc3c2)cc1.Cc1cccc(N(c2ccc3ccccc3c2)c2ccc3ccccc3c2)c1.Cc1ccccc1N(c1ccc2ccccc2c1)c1ccc2ccccc2c1.Cc1ccccc1N(c1ccc2ccccc2c1)c1cccc2ccccc12. The van der Waals surface area contributed by atoms with Crippen molar-refractivity contribution in [2.75, 3.05) is 24.9 Å². The zero-order valence-corrected chi connectivity index (χ0v) is 74.9. The lowest BCUT2D eigenvalue weighted by Gasteiger charge is -2.28. The Balaban J connectivity index is 0.000000107. The fourth-order valence-corrected chi connectivity index (χ4v) is 17.6. The maximum absolute atomic E-state index is 3.39. The molecular weight excluding hydrogens is 1600 g/mol. The number of anilines is 14. The summed E-state index contributed by atoms with van der Waals surface area (Å²) in [4.78, 5) is 9.41. The van der Waals surface area contributed by atoms with Crippen LogP contribution in [0.1, 0.15) is 27.8 Å². The minimum atomic E-state index is 1.10. The van der Waals surface area contributed by atoms with E-state index in [-0.39, 0.29) is 0 Å². The predicted octanol–water partition coefficient (Wildman–Crippen LogP) is 36.5. The van der Waals surface area contributed by atoms with Gasteiger partial charge in [0.05, 0.1) is 5.69 Å². The van der Waals surface area contributed by atoms with E-state index >= 15 is 0 Å². The van der Waals surface area contributed by atoms with Gasteiger partial charge in [0.1, 0.15) is 0 Å². The van der Waals surface area contributed by atoms with Gasteiger partial charge >= 0.3 is 0 Å². The average molecular weight is 1700 g/mol. The van der Waals surface area contributed by atoms with E-state index in [4.69, 9.17) is 0 Å². The van der Waals surface area contributed by atoms with E-state index in [1.807, 2.05) is 18.2 Å². The Labute approximate surface area is 774 Å². The van der Waals surface area contributed by atoms with Crippen LogP contribution in [-0.4, -0.2) is 0 Å². The number of nitrogens with zero attached hydrogens (tertiary/aromatic N) is 4. The number of hydrogen-bond acceptors (Lipinski definition) is 5. The van der Waals surface area contributed by atoms with E-state index in [1.165, 1.54) is 176 Å². The molecule has 0 aliphatic rings. The molecule has 1 N–H and O–H groups in total. The van der Waals surface area contributed by atoms with Crippen molar-refractivity contribution in [2.45, 2.75) is 34.6 Å². The minimum absolute atomic E-state index is 1.10. The van der Waals surface area contributed by atoms with Gasteiger partial charge in [-0.15, -0.1) is 0 Å². The largest absolute Gasteiger partial charge is 0.356 e. The van der Waals surface area contributed by atoms with Gasteiger partial charge in [-0.1, -0.05) is 375 Å². The Hall–Kier alpha value is -16.9. The molecule has 0 heterocycles. The van der Waals surface area contributed by atoms with Crippen LogP contribution < -0.4 is 24.9 Å². The number of benzene rings is 23. The van der Waals surface area contributed by atoms with Gasteiger partial charge in [-0.3, -0.25) is 0 Å². The summed E-state index contributed by atoms with van der Waals surface area (Å²) in [6, 6.07) is 183. The molecule has 0 fully saturated rings. The average Bonchev–Trinajstić information content (AvgIpc) is 0.862. The molecule has 0 radical (unpaired) electrons. The van der Waals surface area contributed by atoms with Crippen molar-refractivity contribution in [1.82, 2.24) is 0 Å². The molecule has 5 nitrogen and oxygen atoms in total. The lowest BCUT2D eigenvalue weighted by atomic mass is 10.0. The van der Waals surface area contributed by atoms with Gasteiger partial charge in [-0.2, -0.15) is 0 Å². The van der Waals surface area contributed by atoms with Crippen LogP contribution in [0.5, 0.6) is 0 Å². The van der Waals surface area contributed by atoms with Crippen LogP contribution in [0.2, 0.25) is 0 Å². The van der Waals surface area contributed by atoms with E-state index in [1.54, 1.807) is 0 Å². The standard InChI is InChI=1S/4C27H21N.C19H17N/c1-20-8-2-7-13-27(20)28(25-16-14-21-9-3-5-11-23(21)18-25)26-17-15-22-10-4-6-12-24(22)19-26;1-20-9-2-7-15-26(20)28(24-18-17-21-10-3-4-12-23(21)19-24)27-16-8-13-22-11-5-6-14-25(22)27;1-20-7-6-12-25(17-20)28(26-15-13-21-8-2-4-10-23(21)18-26)27-16-14-22-9-3-5-11-24(22)19-27;1-20-10-14-25(15-11-20)28(26-16-12-21-6-2-4-8-23(21)18-26)27-17-13-22-7-3-5-9-24(22)19-27;1-15-7-9-16(10-8-15)17-11-13-19(14-12-17)20-18-5-3-2-4-6-18/h4*2-19H,1H3;2-14,20H,1H3. The molecule has 0 saturated carbocycles. The van der Waals surface area contributed by atoms with Crippen LogP contribution in [-0.2, 0) is 0 Å². The first kappa shape index (κ1) is 84.6. The molecule has 0 aliphatic carbocycles. The summed E-state index contributed by atoms with van der Waals surface area (Å²) in [6.45, 7) is 10.7. The maximum Gasteiger partial charge on any atom is 0.0540 e. The van der Waals surface area contributed by atoms with Crippen molar-refractivity contribution in [3.05, 3.63) is 543 Å². The summed E-state index contributed by atoms with van der Waals surface area (Å²) in [5, 5.41) is 23.4. The van der Waals surface area contributed by atoms with Crippen LogP contribution in [0.25, 0.3) is 97.3 Å². The smallest absolute Gasteiger partial charge is 0.0540 e.